The molecule has 0 bridgehead atoms. The lowest BCUT2D eigenvalue weighted by molar-refractivity contribution is -0.384. The van der Waals surface area contributed by atoms with E-state index in [2.05, 4.69) is 10.6 Å². The Morgan fingerprint density at radius 1 is 1.40 bits per heavy atom. The van der Waals surface area contributed by atoms with E-state index in [1.807, 2.05) is 0 Å². The molecule has 1 amide bonds. The fourth-order valence-corrected chi connectivity index (χ4v) is 2.16. The fourth-order valence-electron chi connectivity index (χ4n) is 2.16. The van der Waals surface area contributed by atoms with E-state index in [9.17, 15) is 20.0 Å². The zero-order valence-corrected chi connectivity index (χ0v) is 10.9. The van der Waals surface area contributed by atoms with Gasteiger partial charge in [0.15, 0.2) is 0 Å². The van der Waals surface area contributed by atoms with Crippen molar-refractivity contribution < 1.29 is 14.8 Å². The molecule has 1 aliphatic heterocycles. The Hall–Kier alpha value is -1.99. The lowest BCUT2D eigenvalue weighted by atomic mass is 10.1. The third-order valence-electron chi connectivity index (χ3n) is 3.38. The molecule has 3 N–H and O–H groups in total. The fraction of sp³-hybridized carbons (Fsp3) is 0.462. The summed E-state index contributed by atoms with van der Waals surface area (Å²) in [5.74, 6) is -0.117. The van der Waals surface area contributed by atoms with Crippen LogP contribution < -0.4 is 10.6 Å². The molecule has 1 saturated heterocycles. The zero-order chi connectivity index (χ0) is 14.5. The van der Waals surface area contributed by atoms with Gasteiger partial charge in [0.2, 0.25) is 5.91 Å². The van der Waals surface area contributed by atoms with Crippen molar-refractivity contribution in [3.8, 4) is 0 Å². The maximum Gasteiger partial charge on any atom is 0.269 e. The number of hydrogen-bond donors (Lipinski definition) is 3. The second-order valence-corrected chi connectivity index (χ2v) is 4.89. The van der Waals surface area contributed by atoms with Crippen LogP contribution in [0.25, 0.3) is 0 Å². The van der Waals surface area contributed by atoms with Gasteiger partial charge in [-0.2, -0.15) is 0 Å². The summed E-state index contributed by atoms with van der Waals surface area (Å²) in [4.78, 5) is 21.8. The molecule has 1 aliphatic rings. The van der Waals surface area contributed by atoms with Crippen LogP contribution in [0.2, 0.25) is 0 Å². The maximum atomic E-state index is 11.7. The third-order valence-corrected chi connectivity index (χ3v) is 3.38. The first-order valence-electron chi connectivity index (χ1n) is 6.45. The van der Waals surface area contributed by atoms with Crippen molar-refractivity contribution in [1.29, 1.82) is 0 Å². The van der Waals surface area contributed by atoms with Crippen LogP contribution in [-0.2, 0) is 11.2 Å². The van der Waals surface area contributed by atoms with Crippen LogP contribution in [0.3, 0.4) is 0 Å². The smallest absolute Gasteiger partial charge is 0.269 e. The van der Waals surface area contributed by atoms with Gasteiger partial charge in [0, 0.05) is 37.7 Å². The van der Waals surface area contributed by atoms with Crippen molar-refractivity contribution in [2.45, 2.75) is 12.5 Å². The first-order valence-corrected chi connectivity index (χ1v) is 6.45. The summed E-state index contributed by atoms with van der Waals surface area (Å²) in [5, 5.41) is 25.9. The van der Waals surface area contributed by atoms with Crippen molar-refractivity contribution in [2.75, 3.05) is 19.6 Å². The number of amides is 1. The SMILES string of the molecule is O=C(Cc1ccc([N+](=O)[O-])cc1)NCC1CNCC1O. The number of nitro benzene ring substituents is 1. The zero-order valence-electron chi connectivity index (χ0n) is 10.9. The quantitative estimate of drug-likeness (QED) is 0.513. The number of carbonyl (C=O) groups excluding carboxylic acids is 1. The normalized spacial score (nSPS) is 21.6. The monoisotopic (exact) mass is 279 g/mol. The summed E-state index contributed by atoms with van der Waals surface area (Å²) in [6.45, 7) is 1.68. The summed E-state index contributed by atoms with van der Waals surface area (Å²) in [6.07, 6.45) is -0.247. The summed E-state index contributed by atoms with van der Waals surface area (Å²) in [7, 11) is 0. The highest BCUT2D eigenvalue weighted by Crippen LogP contribution is 2.12. The van der Waals surface area contributed by atoms with Crippen LogP contribution in [0.4, 0.5) is 5.69 Å². The van der Waals surface area contributed by atoms with Crippen LogP contribution in [0, 0.1) is 16.0 Å². The number of nitro groups is 1. The Kier molecular flexibility index (Phi) is 4.65. The predicted molar refractivity (Wildman–Crippen MR) is 72.2 cm³/mol. The average molecular weight is 279 g/mol. The van der Waals surface area contributed by atoms with Gasteiger partial charge in [0.05, 0.1) is 17.4 Å². The van der Waals surface area contributed by atoms with Gasteiger partial charge < -0.3 is 15.7 Å². The van der Waals surface area contributed by atoms with E-state index in [0.29, 0.717) is 19.6 Å². The Morgan fingerprint density at radius 3 is 2.65 bits per heavy atom. The van der Waals surface area contributed by atoms with Gasteiger partial charge in [-0.3, -0.25) is 14.9 Å². The number of rotatable bonds is 5. The highest BCUT2D eigenvalue weighted by atomic mass is 16.6. The minimum atomic E-state index is -0.474. The number of aliphatic hydroxyl groups is 1. The molecule has 0 radical (unpaired) electrons. The molecule has 1 aromatic carbocycles. The standard InChI is InChI=1S/C13H17N3O4/c17-12-8-14-6-10(12)7-15-13(18)5-9-1-3-11(4-2-9)16(19)20/h1-4,10,12,14,17H,5-8H2,(H,15,18). The molecule has 0 saturated carbocycles. The molecule has 7 heteroatoms. The van der Waals surface area contributed by atoms with Crippen LogP contribution in [0.1, 0.15) is 5.56 Å². The second-order valence-electron chi connectivity index (χ2n) is 4.89. The Balaban J connectivity index is 1.80. The van der Waals surface area contributed by atoms with Crippen molar-refractivity contribution in [3.63, 3.8) is 0 Å². The third kappa shape index (κ3) is 3.75. The highest BCUT2D eigenvalue weighted by Gasteiger charge is 2.24. The van der Waals surface area contributed by atoms with Crippen molar-refractivity contribution in [1.82, 2.24) is 10.6 Å². The summed E-state index contributed by atoms with van der Waals surface area (Å²) in [5.41, 5.74) is 0.729. The van der Waals surface area contributed by atoms with E-state index in [-0.39, 0.29) is 23.9 Å². The van der Waals surface area contributed by atoms with Gasteiger partial charge in [-0.05, 0) is 5.56 Å². The Morgan fingerprint density at radius 2 is 2.10 bits per heavy atom. The topological polar surface area (TPSA) is 104 Å². The van der Waals surface area contributed by atoms with E-state index in [4.69, 9.17) is 0 Å². The molecule has 1 aromatic rings. The number of nitrogens with one attached hydrogen (secondary N) is 2. The van der Waals surface area contributed by atoms with Crippen LogP contribution in [0.5, 0.6) is 0 Å². The molecule has 0 spiro atoms. The average Bonchev–Trinajstić information content (AvgIpc) is 2.82. The lowest BCUT2D eigenvalue weighted by Gasteiger charge is -2.14. The molecule has 20 heavy (non-hydrogen) atoms. The largest absolute Gasteiger partial charge is 0.391 e. The number of nitrogens with zero attached hydrogens (tertiary/aromatic N) is 1. The lowest BCUT2D eigenvalue weighted by Crippen LogP contribution is -2.35. The number of β-amino-alcohol motifs (C(OH)–C–C–N with tert-alkyl or cyclic N) is 1. The van der Waals surface area contributed by atoms with E-state index < -0.39 is 11.0 Å². The number of benzene rings is 1. The minimum absolute atomic E-state index is 0.00862. The number of non-ortho nitro benzene ring substituents is 1. The van der Waals surface area contributed by atoms with Crippen molar-refractivity contribution in [2.24, 2.45) is 5.92 Å². The Bertz CT molecular complexity index is 489. The van der Waals surface area contributed by atoms with Crippen LogP contribution >= 0.6 is 0 Å². The first-order chi connectivity index (χ1) is 9.56. The van der Waals surface area contributed by atoms with Gasteiger partial charge in [0.1, 0.15) is 0 Å². The van der Waals surface area contributed by atoms with E-state index >= 15 is 0 Å². The van der Waals surface area contributed by atoms with Gasteiger partial charge in [-0.1, -0.05) is 12.1 Å². The number of carbonyl (C=O) groups is 1. The minimum Gasteiger partial charge on any atom is -0.391 e. The predicted octanol–water partition coefficient (Wildman–Crippen LogP) is -0.166. The molecule has 108 valence electrons. The molecule has 0 aliphatic carbocycles. The molecule has 2 atom stereocenters. The van der Waals surface area contributed by atoms with Gasteiger partial charge in [0.25, 0.3) is 5.69 Å². The van der Waals surface area contributed by atoms with Crippen LogP contribution in [-0.4, -0.2) is 41.7 Å². The van der Waals surface area contributed by atoms with Gasteiger partial charge in [-0.15, -0.1) is 0 Å². The van der Waals surface area contributed by atoms with E-state index in [0.717, 1.165) is 5.56 Å². The molecular formula is C13H17N3O4. The summed E-state index contributed by atoms with van der Waals surface area (Å²) in [6, 6.07) is 5.91. The van der Waals surface area contributed by atoms with E-state index in [1.54, 1.807) is 12.1 Å². The molecule has 0 aromatic heterocycles. The molecule has 2 unspecified atom stereocenters. The van der Waals surface area contributed by atoms with Gasteiger partial charge in [-0.25, -0.2) is 0 Å². The highest BCUT2D eigenvalue weighted by molar-refractivity contribution is 5.78. The molecular weight excluding hydrogens is 262 g/mol. The maximum absolute atomic E-state index is 11.7. The van der Waals surface area contributed by atoms with Crippen molar-refractivity contribution >= 4 is 11.6 Å². The molecule has 1 fully saturated rings. The molecule has 1 heterocycles. The summed E-state index contributed by atoms with van der Waals surface area (Å²) >= 11 is 0. The summed E-state index contributed by atoms with van der Waals surface area (Å²) < 4.78 is 0. The second kappa shape index (κ2) is 6.44. The number of hydrogen-bond acceptors (Lipinski definition) is 5. The van der Waals surface area contributed by atoms with Crippen molar-refractivity contribution in [3.05, 3.63) is 39.9 Å². The first kappa shape index (κ1) is 14.4. The molecule has 2 rings (SSSR count). The Labute approximate surface area is 116 Å². The van der Waals surface area contributed by atoms with E-state index in [1.165, 1.54) is 12.1 Å². The van der Waals surface area contributed by atoms with Gasteiger partial charge >= 0.3 is 0 Å². The number of aliphatic hydroxyl groups excluding tert-OH is 1. The van der Waals surface area contributed by atoms with Crippen LogP contribution in [0.15, 0.2) is 24.3 Å². The molecule has 7 nitrogen and oxygen atoms in total.